The molecule has 1 heterocycles. The number of ether oxygens (including phenoxy) is 1. The lowest BCUT2D eigenvalue weighted by Crippen LogP contribution is -2.34. The van der Waals surface area contributed by atoms with Crippen LogP contribution in [0.1, 0.15) is 23.1 Å². The fourth-order valence-electron chi connectivity index (χ4n) is 4.41. The molecule has 0 spiro atoms. The molecule has 1 saturated heterocycles. The molecule has 3 aromatic rings. The Morgan fingerprint density at radius 3 is 2.38 bits per heavy atom. The number of anilines is 2. The van der Waals surface area contributed by atoms with Crippen molar-refractivity contribution in [2.24, 2.45) is 5.92 Å². The van der Waals surface area contributed by atoms with Crippen LogP contribution in [-0.2, 0) is 20.8 Å². The van der Waals surface area contributed by atoms with Crippen LogP contribution < -0.4 is 20.3 Å². The van der Waals surface area contributed by atoms with Crippen molar-refractivity contribution in [1.82, 2.24) is 5.32 Å². The van der Waals surface area contributed by atoms with Crippen LogP contribution >= 0.6 is 15.9 Å². The molecule has 1 atom stereocenters. The van der Waals surface area contributed by atoms with Crippen molar-refractivity contribution in [2.45, 2.75) is 26.7 Å². The highest BCUT2D eigenvalue weighted by Crippen LogP contribution is 2.28. The fraction of sp³-hybridized carbons (Fsp3) is 0.276. The van der Waals surface area contributed by atoms with Crippen LogP contribution in [0.5, 0.6) is 5.75 Å². The minimum Gasteiger partial charge on any atom is -0.484 e. The summed E-state index contributed by atoms with van der Waals surface area (Å²) in [5.41, 5.74) is 4.55. The van der Waals surface area contributed by atoms with E-state index in [-0.39, 0.29) is 36.7 Å². The second-order valence-corrected chi connectivity index (χ2v) is 10.1. The fourth-order valence-corrected chi connectivity index (χ4v) is 5.09. The summed E-state index contributed by atoms with van der Waals surface area (Å²) in [6.45, 7) is 4.61. The van der Waals surface area contributed by atoms with Gasteiger partial charge in [0, 0.05) is 35.4 Å². The normalized spacial score (nSPS) is 14.9. The van der Waals surface area contributed by atoms with Gasteiger partial charge in [-0.05, 0) is 73.4 Å². The van der Waals surface area contributed by atoms with E-state index in [0.717, 1.165) is 33.3 Å². The number of nitrogens with zero attached hydrogens (tertiary/aromatic N) is 1. The third kappa shape index (κ3) is 6.98. The maximum Gasteiger partial charge on any atom is 0.262 e. The van der Waals surface area contributed by atoms with Gasteiger partial charge in [-0.3, -0.25) is 14.4 Å². The number of aryl methyl sites for hydroxylation is 2. The summed E-state index contributed by atoms with van der Waals surface area (Å²) < 4.78 is 6.60. The van der Waals surface area contributed by atoms with Gasteiger partial charge in [-0.2, -0.15) is 0 Å². The first kappa shape index (κ1) is 26.4. The molecule has 192 valence electrons. The van der Waals surface area contributed by atoms with Crippen molar-refractivity contribution in [1.29, 1.82) is 0 Å². The maximum atomic E-state index is 12.6. The molecule has 1 aliphatic heterocycles. The molecule has 0 bridgehead atoms. The van der Waals surface area contributed by atoms with Gasteiger partial charge in [0.25, 0.3) is 5.91 Å². The van der Waals surface area contributed by atoms with Crippen LogP contribution in [-0.4, -0.2) is 37.4 Å². The zero-order valence-electron chi connectivity index (χ0n) is 20.9. The molecule has 3 aromatic carbocycles. The van der Waals surface area contributed by atoms with E-state index in [4.69, 9.17) is 4.74 Å². The molecule has 7 nitrogen and oxygen atoms in total. The Hall–Kier alpha value is -3.65. The maximum absolute atomic E-state index is 12.6. The first-order valence-corrected chi connectivity index (χ1v) is 13.0. The van der Waals surface area contributed by atoms with Gasteiger partial charge in [-0.15, -0.1) is 0 Å². The Morgan fingerprint density at radius 2 is 1.70 bits per heavy atom. The monoisotopic (exact) mass is 563 g/mol. The third-order valence-corrected chi connectivity index (χ3v) is 6.79. The molecule has 3 amide bonds. The van der Waals surface area contributed by atoms with E-state index in [2.05, 4.69) is 26.6 Å². The quantitative estimate of drug-likeness (QED) is 0.391. The summed E-state index contributed by atoms with van der Waals surface area (Å²) in [4.78, 5) is 39.2. The van der Waals surface area contributed by atoms with Crippen LogP contribution in [0.4, 0.5) is 11.4 Å². The van der Waals surface area contributed by atoms with Gasteiger partial charge in [-0.25, -0.2) is 0 Å². The van der Waals surface area contributed by atoms with Crippen molar-refractivity contribution >= 4 is 45.0 Å². The van der Waals surface area contributed by atoms with Gasteiger partial charge in [0.15, 0.2) is 6.61 Å². The molecule has 0 saturated carbocycles. The van der Waals surface area contributed by atoms with Crippen molar-refractivity contribution in [3.05, 3.63) is 87.9 Å². The molecule has 0 aliphatic carbocycles. The van der Waals surface area contributed by atoms with Crippen LogP contribution in [0, 0.1) is 19.8 Å². The molecule has 2 N–H and O–H groups in total. The zero-order valence-corrected chi connectivity index (χ0v) is 22.5. The SMILES string of the molecule is Cc1cc(Br)cc(C)c1NC(=O)COc1ccc(N2C[C@@H](C(=O)NCCc3ccccc3)CC2=O)cc1. The number of rotatable bonds is 9. The summed E-state index contributed by atoms with van der Waals surface area (Å²) in [6, 6.07) is 20.8. The van der Waals surface area contributed by atoms with Gasteiger partial charge in [0.05, 0.1) is 5.92 Å². The number of hydrogen-bond donors (Lipinski definition) is 2. The van der Waals surface area contributed by atoms with E-state index in [1.807, 2.05) is 56.3 Å². The zero-order chi connectivity index (χ0) is 26.4. The number of benzene rings is 3. The van der Waals surface area contributed by atoms with Gasteiger partial charge in [-0.1, -0.05) is 46.3 Å². The summed E-state index contributed by atoms with van der Waals surface area (Å²) >= 11 is 3.45. The van der Waals surface area contributed by atoms with Gasteiger partial charge in [0.1, 0.15) is 5.75 Å². The summed E-state index contributed by atoms with van der Waals surface area (Å²) in [6.07, 6.45) is 0.934. The molecule has 0 aromatic heterocycles. The van der Waals surface area contributed by atoms with Gasteiger partial charge in [0.2, 0.25) is 11.8 Å². The lowest BCUT2D eigenvalue weighted by molar-refractivity contribution is -0.126. The first-order valence-electron chi connectivity index (χ1n) is 12.2. The number of carbonyl (C=O) groups is 3. The highest BCUT2D eigenvalue weighted by Gasteiger charge is 2.35. The van der Waals surface area contributed by atoms with Crippen LogP contribution in [0.2, 0.25) is 0 Å². The Morgan fingerprint density at radius 1 is 1.03 bits per heavy atom. The number of hydrogen-bond acceptors (Lipinski definition) is 4. The van der Waals surface area contributed by atoms with E-state index < -0.39 is 0 Å². The summed E-state index contributed by atoms with van der Waals surface area (Å²) in [7, 11) is 0. The first-order chi connectivity index (χ1) is 17.8. The molecule has 37 heavy (non-hydrogen) atoms. The summed E-state index contributed by atoms with van der Waals surface area (Å²) in [5, 5.41) is 5.85. The predicted octanol–water partition coefficient (Wildman–Crippen LogP) is 4.80. The summed E-state index contributed by atoms with van der Waals surface area (Å²) in [5.74, 6) is -0.308. The van der Waals surface area contributed by atoms with Gasteiger partial charge < -0.3 is 20.3 Å². The molecule has 1 fully saturated rings. The Bertz CT molecular complexity index is 1260. The number of nitrogens with one attached hydrogen (secondary N) is 2. The van der Waals surface area contributed by atoms with Crippen molar-refractivity contribution in [3.63, 3.8) is 0 Å². The highest BCUT2D eigenvalue weighted by molar-refractivity contribution is 9.10. The lowest BCUT2D eigenvalue weighted by Gasteiger charge is -2.17. The molecule has 8 heteroatoms. The van der Waals surface area contributed by atoms with Gasteiger partial charge >= 0.3 is 0 Å². The number of carbonyl (C=O) groups excluding carboxylic acids is 3. The molecule has 4 rings (SSSR count). The van der Waals surface area contributed by atoms with Crippen molar-refractivity contribution < 1.29 is 19.1 Å². The predicted molar refractivity (Wildman–Crippen MR) is 148 cm³/mol. The minimum absolute atomic E-state index is 0.0866. The van der Waals surface area contributed by atoms with E-state index in [9.17, 15) is 14.4 Å². The highest BCUT2D eigenvalue weighted by atomic mass is 79.9. The third-order valence-electron chi connectivity index (χ3n) is 6.33. The second kappa shape index (κ2) is 12.1. The molecular weight excluding hydrogens is 534 g/mol. The van der Waals surface area contributed by atoms with Crippen molar-refractivity contribution in [2.75, 3.05) is 29.9 Å². The van der Waals surface area contributed by atoms with Crippen LogP contribution in [0.25, 0.3) is 0 Å². The van der Waals surface area contributed by atoms with E-state index in [1.54, 1.807) is 29.2 Å². The van der Waals surface area contributed by atoms with Crippen molar-refractivity contribution in [3.8, 4) is 5.75 Å². The van der Waals surface area contributed by atoms with E-state index >= 15 is 0 Å². The average molecular weight is 564 g/mol. The van der Waals surface area contributed by atoms with E-state index in [1.165, 1.54) is 0 Å². The standard InChI is InChI=1S/C29H30BrN3O4/c1-19-14-23(30)15-20(2)28(19)32-26(34)18-37-25-10-8-24(9-11-25)33-17-22(16-27(33)35)29(36)31-13-12-21-6-4-3-5-7-21/h3-11,14-15,22H,12-13,16-18H2,1-2H3,(H,31,36)(H,32,34)/t22-/m0/s1. The van der Waals surface area contributed by atoms with Crippen LogP contribution in [0.3, 0.4) is 0 Å². The molecule has 0 unspecified atom stereocenters. The lowest BCUT2D eigenvalue weighted by atomic mass is 10.1. The number of amides is 3. The Labute approximate surface area is 225 Å². The topological polar surface area (TPSA) is 87.7 Å². The average Bonchev–Trinajstić information content (AvgIpc) is 3.27. The Balaban J connectivity index is 1.26. The smallest absolute Gasteiger partial charge is 0.262 e. The number of halogens is 1. The largest absolute Gasteiger partial charge is 0.484 e. The second-order valence-electron chi connectivity index (χ2n) is 9.18. The molecule has 0 radical (unpaired) electrons. The minimum atomic E-state index is -0.381. The molecule has 1 aliphatic rings. The molecular formula is C29H30BrN3O4. The van der Waals surface area contributed by atoms with Crippen LogP contribution in [0.15, 0.2) is 71.2 Å². The Kier molecular flexibility index (Phi) is 8.61. The van der Waals surface area contributed by atoms with E-state index in [0.29, 0.717) is 24.5 Å².